The van der Waals surface area contributed by atoms with Gasteiger partial charge in [-0.15, -0.1) is 0 Å². The van der Waals surface area contributed by atoms with Gasteiger partial charge in [0.1, 0.15) is 0 Å². The van der Waals surface area contributed by atoms with E-state index in [0.717, 1.165) is 28.9 Å². The number of fused-ring (bicyclic) bond motifs is 4. The van der Waals surface area contributed by atoms with Crippen LogP contribution in [-0.4, -0.2) is 28.6 Å². The highest BCUT2D eigenvalue weighted by molar-refractivity contribution is 5.94. The van der Waals surface area contributed by atoms with E-state index in [1.54, 1.807) is 6.07 Å². The lowest BCUT2D eigenvalue weighted by Crippen LogP contribution is -2.50. The lowest BCUT2D eigenvalue weighted by molar-refractivity contribution is 0.139. The largest absolute Gasteiger partial charge is 0.324 e. The Labute approximate surface area is 169 Å². The number of carbonyl (C=O) groups is 1. The lowest BCUT2D eigenvalue weighted by atomic mass is 9.83. The van der Waals surface area contributed by atoms with E-state index in [4.69, 9.17) is 0 Å². The number of aromatic nitrogens is 1. The van der Waals surface area contributed by atoms with Crippen LogP contribution in [0.25, 0.3) is 11.1 Å². The molecule has 5 heteroatoms. The van der Waals surface area contributed by atoms with Crippen LogP contribution in [0.15, 0.2) is 77.6 Å². The third-order valence-electron chi connectivity index (χ3n) is 6.02. The second kappa shape index (κ2) is 7.24. The first-order valence-electron chi connectivity index (χ1n) is 10.1. The van der Waals surface area contributed by atoms with E-state index in [1.807, 2.05) is 76.2 Å². The molecule has 2 amide bonds. The molecule has 1 N–H and O–H groups in total. The zero-order chi connectivity index (χ0) is 19.8. The first-order chi connectivity index (χ1) is 14.2. The van der Waals surface area contributed by atoms with E-state index in [9.17, 15) is 9.59 Å². The third-order valence-corrected chi connectivity index (χ3v) is 6.02. The van der Waals surface area contributed by atoms with Crippen LogP contribution in [0.1, 0.15) is 18.0 Å². The Hall–Kier alpha value is -3.34. The van der Waals surface area contributed by atoms with E-state index in [1.165, 1.54) is 0 Å². The van der Waals surface area contributed by atoms with Crippen LogP contribution in [0.5, 0.6) is 0 Å². The number of urea groups is 1. The molecule has 0 radical (unpaired) electrons. The zero-order valence-electron chi connectivity index (χ0n) is 16.1. The molecular formula is C24H23N3O2. The number of carbonyl (C=O) groups excluding carboxylic acids is 1. The monoisotopic (exact) mass is 385 g/mol. The zero-order valence-corrected chi connectivity index (χ0v) is 16.1. The predicted octanol–water partition coefficient (Wildman–Crippen LogP) is 4.17. The second-order valence-electron chi connectivity index (χ2n) is 7.94. The van der Waals surface area contributed by atoms with Crippen molar-refractivity contribution in [2.24, 2.45) is 5.92 Å². The minimum atomic E-state index is -0.0743. The van der Waals surface area contributed by atoms with Crippen LogP contribution < -0.4 is 10.9 Å². The lowest BCUT2D eigenvalue weighted by Gasteiger charge is -2.42. The molecule has 2 aliphatic heterocycles. The van der Waals surface area contributed by atoms with Crippen molar-refractivity contribution in [2.45, 2.75) is 18.9 Å². The molecule has 3 heterocycles. The van der Waals surface area contributed by atoms with Gasteiger partial charge in [-0.05, 0) is 30.0 Å². The summed E-state index contributed by atoms with van der Waals surface area (Å²) >= 11 is 0. The van der Waals surface area contributed by atoms with Gasteiger partial charge in [0.25, 0.3) is 5.56 Å². The van der Waals surface area contributed by atoms with Crippen molar-refractivity contribution >= 4 is 11.7 Å². The van der Waals surface area contributed by atoms with Crippen molar-refractivity contribution < 1.29 is 4.79 Å². The fourth-order valence-electron chi connectivity index (χ4n) is 4.72. The number of pyridine rings is 1. The van der Waals surface area contributed by atoms with E-state index >= 15 is 0 Å². The van der Waals surface area contributed by atoms with Gasteiger partial charge in [0.2, 0.25) is 0 Å². The normalized spacial score (nSPS) is 20.1. The molecule has 1 saturated heterocycles. The summed E-state index contributed by atoms with van der Waals surface area (Å²) in [6.45, 7) is 2.01. The highest BCUT2D eigenvalue weighted by Gasteiger charge is 2.36. The molecule has 29 heavy (non-hydrogen) atoms. The van der Waals surface area contributed by atoms with Gasteiger partial charge in [0.15, 0.2) is 0 Å². The molecule has 2 bridgehead atoms. The molecule has 0 unspecified atom stereocenters. The number of para-hydroxylation sites is 1. The quantitative estimate of drug-likeness (QED) is 0.720. The molecule has 1 fully saturated rings. The number of piperidine rings is 1. The molecule has 2 aliphatic rings. The fraction of sp³-hybridized carbons (Fsp3) is 0.250. The molecular weight excluding hydrogens is 362 g/mol. The minimum absolute atomic E-state index is 0.0619. The van der Waals surface area contributed by atoms with Crippen LogP contribution in [0.4, 0.5) is 10.5 Å². The maximum atomic E-state index is 13.1. The molecule has 1 aromatic heterocycles. The van der Waals surface area contributed by atoms with Gasteiger partial charge < -0.3 is 14.8 Å². The van der Waals surface area contributed by atoms with Crippen LogP contribution in [-0.2, 0) is 6.54 Å². The van der Waals surface area contributed by atoms with Gasteiger partial charge in [0.05, 0.1) is 5.69 Å². The highest BCUT2D eigenvalue weighted by Crippen LogP contribution is 2.35. The number of nitrogens with zero attached hydrogens (tertiary/aromatic N) is 2. The smallest absolute Gasteiger partial charge is 0.321 e. The van der Waals surface area contributed by atoms with Crippen molar-refractivity contribution in [2.75, 3.05) is 18.4 Å². The summed E-state index contributed by atoms with van der Waals surface area (Å²) in [5.41, 5.74) is 4.02. The highest BCUT2D eigenvalue weighted by atomic mass is 16.2. The molecule has 5 rings (SSSR count). The Balaban J connectivity index is 1.38. The van der Waals surface area contributed by atoms with Crippen molar-refractivity contribution in [1.29, 1.82) is 0 Å². The molecule has 0 aliphatic carbocycles. The Morgan fingerprint density at radius 3 is 2.52 bits per heavy atom. The van der Waals surface area contributed by atoms with Crippen LogP contribution >= 0.6 is 0 Å². The Bertz CT molecular complexity index is 1110. The molecule has 0 spiro atoms. The number of likely N-dealkylation sites (tertiary alicyclic amines) is 1. The number of benzene rings is 2. The van der Waals surface area contributed by atoms with Crippen LogP contribution in [0.3, 0.4) is 0 Å². The summed E-state index contributed by atoms with van der Waals surface area (Å²) in [4.78, 5) is 27.2. The van der Waals surface area contributed by atoms with Crippen molar-refractivity contribution in [3.8, 4) is 11.1 Å². The molecule has 2 atom stereocenters. The van der Waals surface area contributed by atoms with Gasteiger partial charge in [-0.25, -0.2) is 4.79 Å². The SMILES string of the molecule is O=C(Nc1ccccc1-c1ccccc1)N1C[C@@H]2C[C@@H](C1)c1cccc(=O)n1C2. The summed E-state index contributed by atoms with van der Waals surface area (Å²) in [5.74, 6) is 0.531. The van der Waals surface area contributed by atoms with E-state index in [-0.39, 0.29) is 17.5 Å². The predicted molar refractivity (Wildman–Crippen MR) is 114 cm³/mol. The maximum Gasteiger partial charge on any atom is 0.321 e. The van der Waals surface area contributed by atoms with Gasteiger partial charge in [-0.1, -0.05) is 54.6 Å². The van der Waals surface area contributed by atoms with Gasteiger partial charge in [-0.2, -0.15) is 0 Å². The summed E-state index contributed by atoms with van der Waals surface area (Å²) in [7, 11) is 0. The Morgan fingerprint density at radius 1 is 0.862 bits per heavy atom. The summed E-state index contributed by atoms with van der Waals surface area (Å²) in [6, 6.07) is 23.4. The molecule has 2 aromatic carbocycles. The summed E-state index contributed by atoms with van der Waals surface area (Å²) in [5, 5.41) is 3.12. The molecule has 0 saturated carbocycles. The van der Waals surface area contributed by atoms with Crippen molar-refractivity contribution in [3.05, 3.63) is 88.8 Å². The topological polar surface area (TPSA) is 54.3 Å². The van der Waals surface area contributed by atoms with Gasteiger partial charge in [-0.3, -0.25) is 4.79 Å². The first kappa shape index (κ1) is 17.7. The second-order valence-corrected chi connectivity index (χ2v) is 7.94. The number of amides is 2. The summed E-state index contributed by atoms with van der Waals surface area (Å²) in [6.07, 6.45) is 1.04. The number of nitrogens with one attached hydrogen (secondary N) is 1. The average Bonchev–Trinajstić information content (AvgIpc) is 2.75. The average molecular weight is 385 g/mol. The van der Waals surface area contributed by atoms with E-state index in [0.29, 0.717) is 25.6 Å². The van der Waals surface area contributed by atoms with E-state index in [2.05, 4.69) is 5.32 Å². The van der Waals surface area contributed by atoms with Gasteiger partial charge in [0, 0.05) is 42.9 Å². The standard InChI is InChI=1S/C24H23N3O2/c28-23-12-6-11-22-19-13-17(15-27(22)23)14-26(16-19)24(29)25-21-10-5-4-9-20(21)18-7-2-1-3-8-18/h1-12,17,19H,13-16H2,(H,25,29)/t17-,19-/m0/s1. The van der Waals surface area contributed by atoms with Crippen LogP contribution in [0.2, 0.25) is 0 Å². The maximum absolute atomic E-state index is 13.1. The number of hydrogen-bond donors (Lipinski definition) is 1. The number of rotatable bonds is 2. The number of hydrogen-bond acceptors (Lipinski definition) is 2. The van der Waals surface area contributed by atoms with Crippen LogP contribution in [0, 0.1) is 5.92 Å². The molecule has 146 valence electrons. The minimum Gasteiger partial charge on any atom is -0.324 e. The summed E-state index contributed by atoms with van der Waals surface area (Å²) < 4.78 is 1.89. The Kier molecular flexibility index (Phi) is 4.43. The first-order valence-corrected chi connectivity index (χ1v) is 10.1. The molecule has 3 aromatic rings. The third kappa shape index (κ3) is 3.33. The Morgan fingerprint density at radius 2 is 1.66 bits per heavy atom. The van der Waals surface area contributed by atoms with Crippen molar-refractivity contribution in [1.82, 2.24) is 9.47 Å². The van der Waals surface area contributed by atoms with Gasteiger partial charge >= 0.3 is 6.03 Å². The van der Waals surface area contributed by atoms with Crippen molar-refractivity contribution in [3.63, 3.8) is 0 Å². The number of anilines is 1. The molecule has 5 nitrogen and oxygen atoms in total. The van der Waals surface area contributed by atoms with E-state index < -0.39 is 0 Å². The fourth-order valence-corrected chi connectivity index (χ4v) is 4.72.